The molecule has 0 aromatic rings. The summed E-state index contributed by atoms with van der Waals surface area (Å²) in [6.45, 7) is 5.29. The topological polar surface area (TPSA) is 17.1 Å². The van der Waals surface area contributed by atoms with E-state index in [2.05, 4.69) is 6.58 Å². The molecule has 0 saturated carbocycles. The molecule has 1 heteroatoms. The van der Waals surface area contributed by atoms with Crippen LogP contribution in [0, 0.1) is 0 Å². The standard InChI is InChI=1S/C9H12O/c1-3-5-6-7-8-9(10)4-2/h3-7H,2,8H2,1H3. The fourth-order valence-electron chi connectivity index (χ4n) is 0.457. The van der Waals surface area contributed by atoms with Gasteiger partial charge in [-0.3, -0.25) is 4.79 Å². The van der Waals surface area contributed by atoms with E-state index >= 15 is 0 Å². The van der Waals surface area contributed by atoms with E-state index in [0.29, 0.717) is 6.42 Å². The minimum Gasteiger partial charge on any atom is -0.295 e. The average molecular weight is 136 g/mol. The second-order valence-corrected chi connectivity index (χ2v) is 1.83. The Morgan fingerprint density at radius 1 is 1.50 bits per heavy atom. The molecule has 0 heterocycles. The number of rotatable bonds is 4. The molecule has 0 aromatic heterocycles. The second kappa shape index (κ2) is 6.02. The first kappa shape index (κ1) is 8.89. The first-order chi connectivity index (χ1) is 4.81. The van der Waals surface area contributed by atoms with E-state index in [0.717, 1.165) is 0 Å². The summed E-state index contributed by atoms with van der Waals surface area (Å²) in [5.41, 5.74) is 0. The maximum absolute atomic E-state index is 10.6. The molecule has 0 aliphatic heterocycles. The molecule has 0 amide bonds. The van der Waals surface area contributed by atoms with E-state index in [1.54, 1.807) is 0 Å². The Balaban J connectivity index is 3.52. The molecule has 0 aromatic carbocycles. The van der Waals surface area contributed by atoms with Crippen molar-refractivity contribution in [1.29, 1.82) is 0 Å². The van der Waals surface area contributed by atoms with Crippen LogP contribution in [0.1, 0.15) is 13.3 Å². The summed E-state index contributed by atoms with van der Waals surface area (Å²) in [6, 6.07) is 0. The third-order valence-electron chi connectivity index (χ3n) is 0.986. The third kappa shape index (κ3) is 5.04. The Labute approximate surface area is 61.8 Å². The van der Waals surface area contributed by atoms with Crippen molar-refractivity contribution in [2.45, 2.75) is 13.3 Å². The number of allylic oxidation sites excluding steroid dienone is 5. The summed E-state index contributed by atoms with van der Waals surface area (Å²) >= 11 is 0. The van der Waals surface area contributed by atoms with E-state index in [-0.39, 0.29) is 5.78 Å². The smallest absolute Gasteiger partial charge is 0.158 e. The van der Waals surface area contributed by atoms with Crippen LogP contribution >= 0.6 is 0 Å². The zero-order chi connectivity index (χ0) is 7.82. The molecule has 0 aliphatic carbocycles. The van der Waals surface area contributed by atoms with Crippen LogP contribution in [0.3, 0.4) is 0 Å². The summed E-state index contributed by atoms with van der Waals surface area (Å²) in [5.74, 6) is 0.0563. The molecule has 0 saturated heterocycles. The van der Waals surface area contributed by atoms with Gasteiger partial charge in [0.15, 0.2) is 5.78 Å². The molecule has 54 valence electrons. The van der Waals surface area contributed by atoms with Gasteiger partial charge in [0, 0.05) is 6.42 Å². The number of hydrogen-bond donors (Lipinski definition) is 0. The molecule has 0 unspecified atom stereocenters. The van der Waals surface area contributed by atoms with Crippen LogP contribution in [0.4, 0.5) is 0 Å². The van der Waals surface area contributed by atoms with Crippen LogP contribution in [-0.2, 0) is 4.79 Å². The van der Waals surface area contributed by atoms with Gasteiger partial charge < -0.3 is 0 Å². The molecule has 0 rings (SSSR count). The summed E-state index contributed by atoms with van der Waals surface area (Å²) in [5, 5.41) is 0. The highest BCUT2D eigenvalue weighted by atomic mass is 16.1. The van der Waals surface area contributed by atoms with Gasteiger partial charge in [-0.15, -0.1) is 0 Å². The summed E-state index contributed by atoms with van der Waals surface area (Å²) in [7, 11) is 0. The van der Waals surface area contributed by atoms with Crippen molar-refractivity contribution in [3.63, 3.8) is 0 Å². The van der Waals surface area contributed by atoms with Gasteiger partial charge >= 0.3 is 0 Å². The van der Waals surface area contributed by atoms with Crippen molar-refractivity contribution < 1.29 is 4.79 Å². The largest absolute Gasteiger partial charge is 0.295 e. The number of carbonyl (C=O) groups is 1. The van der Waals surface area contributed by atoms with Gasteiger partial charge in [-0.1, -0.05) is 30.9 Å². The van der Waals surface area contributed by atoms with Crippen molar-refractivity contribution in [2.75, 3.05) is 0 Å². The SMILES string of the molecule is C=CC(=O)CC=CC=CC. The quantitative estimate of drug-likeness (QED) is 0.428. The van der Waals surface area contributed by atoms with Crippen LogP contribution in [-0.4, -0.2) is 5.78 Å². The molecule has 0 spiro atoms. The normalized spacial score (nSPS) is 10.9. The first-order valence-electron chi connectivity index (χ1n) is 3.24. The molecule has 10 heavy (non-hydrogen) atoms. The maximum atomic E-state index is 10.6. The minimum atomic E-state index is 0.0563. The summed E-state index contributed by atoms with van der Waals surface area (Å²) in [4.78, 5) is 10.6. The van der Waals surface area contributed by atoms with Crippen LogP contribution in [0.2, 0.25) is 0 Å². The second-order valence-electron chi connectivity index (χ2n) is 1.83. The first-order valence-corrected chi connectivity index (χ1v) is 3.24. The molecule has 0 N–H and O–H groups in total. The summed E-state index contributed by atoms with van der Waals surface area (Å²) in [6.07, 6.45) is 9.24. The van der Waals surface area contributed by atoms with Crippen molar-refractivity contribution in [3.05, 3.63) is 37.0 Å². The number of carbonyl (C=O) groups excluding carboxylic acids is 1. The van der Waals surface area contributed by atoms with E-state index in [1.807, 2.05) is 31.2 Å². The lowest BCUT2D eigenvalue weighted by Gasteiger charge is -1.81. The van der Waals surface area contributed by atoms with Crippen molar-refractivity contribution in [1.82, 2.24) is 0 Å². The molecular weight excluding hydrogens is 124 g/mol. The van der Waals surface area contributed by atoms with Crippen LogP contribution < -0.4 is 0 Å². The third-order valence-corrected chi connectivity index (χ3v) is 0.986. The Bertz CT molecular complexity index is 164. The zero-order valence-corrected chi connectivity index (χ0v) is 6.21. The van der Waals surface area contributed by atoms with Crippen LogP contribution in [0.5, 0.6) is 0 Å². The van der Waals surface area contributed by atoms with Crippen LogP contribution in [0.15, 0.2) is 37.0 Å². The molecule has 0 fully saturated rings. The van der Waals surface area contributed by atoms with Gasteiger partial charge in [0.05, 0.1) is 0 Å². The van der Waals surface area contributed by atoms with E-state index in [9.17, 15) is 4.79 Å². The van der Waals surface area contributed by atoms with Gasteiger partial charge in [-0.2, -0.15) is 0 Å². The molecule has 0 radical (unpaired) electrons. The lowest BCUT2D eigenvalue weighted by Crippen LogP contribution is -1.85. The Morgan fingerprint density at radius 3 is 2.70 bits per heavy atom. The molecule has 0 bridgehead atoms. The monoisotopic (exact) mass is 136 g/mol. The highest BCUT2D eigenvalue weighted by molar-refractivity contribution is 5.90. The molecule has 0 aliphatic rings. The Kier molecular flexibility index (Phi) is 5.35. The van der Waals surface area contributed by atoms with Crippen molar-refractivity contribution in [2.24, 2.45) is 0 Å². The van der Waals surface area contributed by atoms with Crippen LogP contribution in [0.25, 0.3) is 0 Å². The zero-order valence-electron chi connectivity index (χ0n) is 6.21. The molecular formula is C9H12O. The molecule has 0 atom stereocenters. The predicted octanol–water partition coefficient (Wildman–Crippen LogP) is 2.26. The highest BCUT2D eigenvalue weighted by Gasteiger charge is 1.86. The van der Waals surface area contributed by atoms with E-state index in [4.69, 9.17) is 0 Å². The van der Waals surface area contributed by atoms with Gasteiger partial charge in [-0.05, 0) is 13.0 Å². The lowest BCUT2D eigenvalue weighted by molar-refractivity contribution is -0.113. The van der Waals surface area contributed by atoms with Gasteiger partial charge in [0.1, 0.15) is 0 Å². The number of hydrogen-bond acceptors (Lipinski definition) is 1. The average Bonchev–Trinajstić information content (AvgIpc) is 1.98. The maximum Gasteiger partial charge on any atom is 0.158 e. The Morgan fingerprint density at radius 2 is 2.20 bits per heavy atom. The lowest BCUT2D eigenvalue weighted by atomic mass is 10.2. The molecule has 1 nitrogen and oxygen atoms in total. The predicted molar refractivity (Wildman–Crippen MR) is 43.8 cm³/mol. The van der Waals surface area contributed by atoms with Gasteiger partial charge in [-0.25, -0.2) is 0 Å². The fraction of sp³-hybridized carbons (Fsp3) is 0.222. The van der Waals surface area contributed by atoms with Crippen molar-refractivity contribution >= 4 is 5.78 Å². The van der Waals surface area contributed by atoms with E-state index in [1.165, 1.54) is 6.08 Å². The van der Waals surface area contributed by atoms with Gasteiger partial charge in [0.2, 0.25) is 0 Å². The summed E-state index contributed by atoms with van der Waals surface area (Å²) < 4.78 is 0. The number of ketones is 1. The van der Waals surface area contributed by atoms with Crippen molar-refractivity contribution in [3.8, 4) is 0 Å². The Hall–Kier alpha value is -1.11. The minimum absolute atomic E-state index is 0.0563. The fourth-order valence-corrected chi connectivity index (χ4v) is 0.457. The van der Waals surface area contributed by atoms with E-state index < -0.39 is 0 Å². The van der Waals surface area contributed by atoms with Gasteiger partial charge in [0.25, 0.3) is 0 Å². The highest BCUT2D eigenvalue weighted by Crippen LogP contribution is 1.86.